The van der Waals surface area contributed by atoms with Gasteiger partial charge in [0.2, 0.25) is 0 Å². The third-order valence-electron chi connectivity index (χ3n) is 2.03. The van der Waals surface area contributed by atoms with Crippen molar-refractivity contribution in [3.05, 3.63) is 0 Å². The summed E-state index contributed by atoms with van der Waals surface area (Å²) >= 11 is 0. The molecule has 0 amide bonds. The van der Waals surface area contributed by atoms with Gasteiger partial charge in [-0.25, -0.2) is 0 Å². The molecule has 2 N–H and O–H groups in total. The summed E-state index contributed by atoms with van der Waals surface area (Å²) < 4.78 is 4.91. The van der Waals surface area contributed by atoms with Crippen LogP contribution in [0, 0.1) is 0 Å². The molecule has 0 aromatic heterocycles. The number of nitrogens with zero attached hydrogens (tertiary/aromatic N) is 1. The Morgan fingerprint density at radius 1 is 1.64 bits per heavy atom. The highest BCUT2D eigenvalue weighted by molar-refractivity contribution is 5.73. The van der Waals surface area contributed by atoms with E-state index in [0.29, 0.717) is 13.2 Å². The van der Waals surface area contributed by atoms with Gasteiger partial charge in [-0.3, -0.25) is 4.79 Å². The molecule has 1 unspecified atom stereocenters. The first-order chi connectivity index (χ1) is 6.61. The van der Waals surface area contributed by atoms with E-state index in [0.717, 1.165) is 13.0 Å². The standard InChI is InChI=1S/C9H20N2O3/c1-10-8(9(12)13)7-11(2)5-4-6-14-3/h8,10H,4-7H2,1-3H3,(H,12,13). The number of hydrogen-bond acceptors (Lipinski definition) is 4. The Morgan fingerprint density at radius 2 is 2.29 bits per heavy atom. The highest BCUT2D eigenvalue weighted by Crippen LogP contribution is 1.92. The van der Waals surface area contributed by atoms with E-state index in [2.05, 4.69) is 5.32 Å². The van der Waals surface area contributed by atoms with Gasteiger partial charge in [0.25, 0.3) is 0 Å². The second-order valence-electron chi connectivity index (χ2n) is 3.29. The van der Waals surface area contributed by atoms with Gasteiger partial charge in [0, 0.05) is 26.8 Å². The molecule has 0 rings (SSSR count). The quantitative estimate of drug-likeness (QED) is 0.528. The topological polar surface area (TPSA) is 61.8 Å². The van der Waals surface area contributed by atoms with E-state index >= 15 is 0 Å². The summed E-state index contributed by atoms with van der Waals surface area (Å²) in [7, 11) is 5.22. The molecule has 0 saturated carbocycles. The van der Waals surface area contributed by atoms with Gasteiger partial charge in [-0.1, -0.05) is 0 Å². The number of carboxylic acid groups (broad SMARTS) is 1. The van der Waals surface area contributed by atoms with Crippen molar-refractivity contribution < 1.29 is 14.6 Å². The Morgan fingerprint density at radius 3 is 2.71 bits per heavy atom. The summed E-state index contributed by atoms with van der Waals surface area (Å²) in [5.41, 5.74) is 0. The van der Waals surface area contributed by atoms with Crippen LogP contribution in [0.15, 0.2) is 0 Å². The molecular formula is C9H20N2O3. The van der Waals surface area contributed by atoms with Crippen LogP contribution in [0.4, 0.5) is 0 Å². The van der Waals surface area contributed by atoms with E-state index in [1.165, 1.54) is 0 Å². The molecule has 0 bridgehead atoms. The number of hydrogen-bond donors (Lipinski definition) is 2. The molecule has 0 aliphatic rings. The van der Waals surface area contributed by atoms with Crippen LogP contribution in [-0.4, -0.2) is 62.9 Å². The van der Waals surface area contributed by atoms with Crippen LogP contribution in [0.25, 0.3) is 0 Å². The van der Waals surface area contributed by atoms with Crippen molar-refractivity contribution >= 4 is 5.97 Å². The summed E-state index contributed by atoms with van der Waals surface area (Å²) in [6, 6.07) is -0.498. The molecule has 0 fully saturated rings. The number of ether oxygens (including phenoxy) is 1. The summed E-state index contributed by atoms with van der Waals surface area (Å²) in [6.45, 7) is 2.07. The molecule has 84 valence electrons. The first-order valence-electron chi connectivity index (χ1n) is 4.69. The van der Waals surface area contributed by atoms with Crippen molar-refractivity contribution in [2.75, 3.05) is 40.9 Å². The second kappa shape index (κ2) is 7.73. The van der Waals surface area contributed by atoms with Crippen LogP contribution >= 0.6 is 0 Å². The smallest absolute Gasteiger partial charge is 0.322 e. The molecule has 0 aliphatic carbocycles. The van der Waals surface area contributed by atoms with E-state index in [1.807, 2.05) is 11.9 Å². The fourth-order valence-corrected chi connectivity index (χ4v) is 1.17. The molecule has 1 atom stereocenters. The van der Waals surface area contributed by atoms with Gasteiger partial charge in [0.15, 0.2) is 0 Å². The minimum atomic E-state index is -0.814. The van der Waals surface area contributed by atoms with Crippen LogP contribution in [0.5, 0.6) is 0 Å². The maximum Gasteiger partial charge on any atom is 0.322 e. The minimum absolute atomic E-state index is 0.498. The maximum atomic E-state index is 10.7. The Hall–Kier alpha value is -0.650. The van der Waals surface area contributed by atoms with Gasteiger partial charge in [-0.05, 0) is 20.5 Å². The Balaban J connectivity index is 3.67. The van der Waals surface area contributed by atoms with E-state index < -0.39 is 12.0 Å². The summed E-state index contributed by atoms with van der Waals surface area (Å²) in [5.74, 6) is -0.814. The molecule has 5 heteroatoms. The molecule has 0 aliphatic heterocycles. The zero-order valence-corrected chi connectivity index (χ0v) is 9.12. The fourth-order valence-electron chi connectivity index (χ4n) is 1.17. The lowest BCUT2D eigenvalue weighted by molar-refractivity contribution is -0.139. The third kappa shape index (κ3) is 5.90. The number of carboxylic acids is 1. The summed E-state index contributed by atoms with van der Waals surface area (Å²) in [4.78, 5) is 12.7. The minimum Gasteiger partial charge on any atom is -0.480 e. The van der Waals surface area contributed by atoms with Gasteiger partial charge >= 0.3 is 5.97 Å². The predicted octanol–water partition coefficient (Wildman–Crippen LogP) is -0.373. The molecule has 0 aromatic rings. The van der Waals surface area contributed by atoms with Gasteiger partial charge in [0.05, 0.1) is 0 Å². The van der Waals surface area contributed by atoms with Crippen LogP contribution < -0.4 is 5.32 Å². The average Bonchev–Trinajstić information content (AvgIpc) is 2.14. The van der Waals surface area contributed by atoms with Crippen molar-refractivity contribution in [2.45, 2.75) is 12.5 Å². The van der Waals surface area contributed by atoms with Crippen LogP contribution in [0.2, 0.25) is 0 Å². The molecule has 0 radical (unpaired) electrons. The average molecular weight is 204 g/mol. The van der Waals surface area contributed by atoms with Gasteiger partial charge in [-0.2, -0.15) is 0 Å². The molecule has 0 heterocycles. The Labute approximate surface area is 85.0 Å². The monoisotopic (exact) mass is 204 g/mol. The van der Waals surface area contributed by atoms with Crippen molar-refractivity contribution in [1.29, 1.82) is 0 Å². The number of aliphatic carboxylic acids is 1. The van der Waals surface area contributed by atoms with Gasteiger partial charge in [-0.15, -0.1) is 0 Å². The van der Waals surface area contributed by atoms with E-state index in [1.54, 1.807) is 14.2 Å². The Bertz CT molecular complexity index is 164. The number of carbonyl (C=O) groups is 1. The number of likely N-dealkylation sites (N-methyl/N-ethyl adjacent to an activating group) is 2. The van der Waals surface area contributed by atoms with Crippen molar-refractivity contribution in [2.24, 2.45) is 0 Å². The second-order valence-corrected chi connectivity index (χ2v) is 3.29. The molecule has 14 heavy (non-hydrogen) atoms. The van der Waals surface area contributed by atoms with Crippen molar-refractivity contribution in [1.82, 2.24) is 10.2 Å². The first-order valence-corrected chi connectivity index (χ1v) is 4.69. The first kappa shape index (κ1) is 13.4. The molecule has 0 spiro atoms. The lowest BCUT2D eigenvalue weighted by Crippen LogP contribution is -2.43. The van der Waals surface area contributed by atoms with Gasteiger partial charge in [0.1, 0.15) is 6.04 Å². The highest BCUT2D eigenvalue weighted by atomic mass is 16.5. The third-order valence-corrected chi connectivity index (χ3v) is 2.03. The normalized spacial score (nSPS) is 13.1. The zero-order valence-electron chi connectivity index (χ0n) is 9.12. The molecule has 5 nitrogen and oxygen atoms in total. The predicted molar refractivity (Wildman–Crippen MR) is 54.5 cm³/mol. The Kier molecular flexibility index (Phi) is 7.37. The summed E-state index contributed by atoms with van der Waals surface area (Å²) in [6.07, 6.45) is 0.920. The van der Waals surface area contributed by atoms with Gasteiger partial charge < -0.3 is 20.1 Å². The molecule has 0 saturated heterocycles. The lowest BCUT2D eigenvalue weighted by Gasteiger charge is -2.20. The number of rotatable bonds is 8. The van der Waals surface area contributed by atoms with E-state index in [4.69, 9.17) is 9.84 Å². The summed E-state index contributed by atoms with van der Waals surface area (Å²) in [5, 5.41) is 11.5. The fraction of sp³-hybridized carbons (Fsp3) is 0.889. The maximum absolute atomic E-state index is 10.7. The highest BCUT2D eigenvalue weighted by Gasteiger charge is 2.16. The van der Waals surface area contributed by atoms with E-state index in [-0.39, 0.29) is 0 Å². The van der Waals surface area contributed by atoms with Crippen molar-refractivity contribution in [3.8, 4) is 0 Å². The number of nitrogens with one attached hydrogen (secondary N) is 1. The van der Waals surface area contributed by atoms with E-state index in [9.17, 15) is 4.79 Å². The SMILES string of the molecule is CNC(CN(C)CCCOC)C(=O)O. The lowest BCUT2D eigenvalue weighted by atomic mass is 10.2. The molecule has 0 aromatic carbocycles. The molecular weight excluding hydrogens is 184 g/mol. The van der Waals surface area contributed by atoms with Crippen LogP contribution in [0.1, 0.15) is 6.42 Å². The zero-order chi connectivity index (χ0) is 11.0. The van der Waals surface area contributed by atoms with Crippen LogP contribution in [0.3, 0.4) is 0 Å². The van der Waals surface area contributed by atoms with Crippen LogP contribution in [-0.2, 0) is 9.53 Å². The van der Waals surface area contributed by atoms with Crippen molar-refractivity contribution in [3.63, 3.8) is 0 Å². The number of methoxy groups -OCH3 is 1. The largest absolute Gasteiger partial charge is 0.480 e.